The Hall–Kier alpha value is -4.29. The van der Waals surface area contributed by atoms with Gasteiger partial charge in [-0.2, -0.15) is 0 Å². The lowest BCUT2D eigenvalue weighted by Gasteiger charge is -2.12. The van der Waals surface area contributed by atoms with Crippen LogP contribution < -0.4 is 14.2 Å². The summed E-state index contributed by atoms with van der Waals surface area (Å²) in [5, 5.41) is -1.06. The number of methoxy groups -OCH3 is 3. The minimum absolute atomic E-state index is 0.0990. The summed E-state index contributed by atoms with van der Waals surface area (Å²) >= 11 is 0. The summed E-state index contributed by atoms with van der Waals surface area (Å²) in [4.78, 5) is 12.4. The maximum absolute atomic E-state index is 13.9. The second kappa shape index (κ2) is 9.54. The number of ether oxygens (including phenoxy) is 3. The molecule has 1 aliphatic heterocycles. The van der Waals surface area contributed by atoms with Crippen molar-refractivity contribution >= 4 is 31.1 Å². The van der Waals surface area contributed by atoms with Crippen molar-refractivity contribution in [2.45, 2.75) is 19.8 Å². The van der Waals surface area contributed by atoms with Crippen LogP contribution in [0.3, 0.4) is 0 Å². The van der Waals surface area contributed by atoms with Gasteiger partial charge in [0.2, 0.25) is 19.7 Å². The Morgan fingerprint density at radius 3 is 1.92 bits per heavy atom. The lowest BCUT2D eigenvalue weighted by molar-refractivity contribution is 0.414. The number of aromatic nitrogens is 2. The number of aliphatic imine (C=N–C) groups is 1. The average molecular weight is 552 g/mol. The van der Waals surface area contributed by atoms with E-state index in [1.54, 1.807) is 24.3 Å². The van der Waals surface area contributed by atoms with Crippen LogP contribution >= 0.6 is 0 Å². The average Bonchev–Trinajstić information content (AvgIpc) is 3.04. The van der Waals surface area contributed by atoms with Crippen LogP contribution in [0.2, 0.25) is 0 Å². The third-order valence-electron chi connectivity index (χ3n) is 5.95. The van der Waals surface area contributed by atoms with Crippen LogP contribution in [0.25, 0.3) is 0 Å². The van der Waals surface area contributed by atoms with E-state index in [4.69, 9.17) is 14.2 Å². The lowest BCUT2D eigenvalue weighted by Crippen LogP contribution is -2.11. The molecule has 0 spiro atoms. The van der Waals surface area contributed by atoms with E-state index < -0.39 is 29.7 Å². The summed E-state index contributed by atoms with van der Waals surface area (Å²) in [5.74, 6) is 1.42. The summed E-state index contributed by atoms with van der Waals surface area (Å²) < 4.78 is 70.8. The van der Waals surface area contributed by atoms with Crippen molar-refractivity contribution < 1.29 is 31.0 Å². The number of sulfone groups is 2. The summed E-state index contributed by atoms with van der Waals surface area (Å²) in [6.45, 7) is 0. The molecule has 12 heteroatoms. The Labute approximate surface area is 219 Å². The van der Waals surface area contributed by atoms with E-state index in [1.165, 1.54) is 63.8 Å². The standard InChI is InChI=1S/C26H21N3O7S2/c1-34-17-6-4-16(5-7-17)23-21-14-19(36-3)10-13-22(21)38(32,33)26-24(29-23)25(27-15-28-26)37(30,31)20-11-8-18(35-2)9-12-20/h4-15H,1-3H3. The Kier molecular flexibility index (Phi) is 6.37. The molecule has 0 radical (unpaired) electrons. The molecule has 2 heterocycles. The molecule has 1 aliphatic rings. The molecule has 1 aromatic heterocycles. The molecular formula is C26H21N3O7S2. The SMILES string of the molecule is COc1ccc(C2=Nc3c(S(=O)(=O)c4ccc(OC)cc4)ncnc3S(=O)(=O)c3ccc(OC)cc32)cc1. The molecule has 0 bridgehead atoms. The van der Waals surface area contributed by atoms with Gasteiger partial charge in [0.05, 0.1) is 36.8 Å². The summed E-state index contributed by atoms with van der Waals surface area (Å²) in [5.41, 5.74) is 0.550. The molecule has 4 aromatic rings. The quantitative estimate of drug-likeness (QED) is 0.290. The van der Waals surface area contributed by atoms with Gasteiger partial charge in [-0.15, -0.1) is 0 Å². The first-order chi connectivity index (χ1) is 18.2. The summed E-state index contributed by atoms with van der Waals surface area (Å²) in [6.07, 6.45) is 0.907. The van der Waals surface area contributed by atoms with E-state index in [1.807, 2.05) is 0 Å². The van der Waals surface area contributed by atoms with E-state index in [9.17, 15) is 16.8 Å². The van der Waals surface area contributed by atoms with Crippen LogP contribution in [0.4, 0.5) is 5.69 Å². The molecule has 10 nitrogen and oxygen atoms in total. The number of hydrogen-bond acceptors (Lipinski definition) is 10. The molecule has 38 heavy (non-hydrogen) atoms. The van der Waals surface area contributed by atoms with Crippen molar-refractivity contribution in [3.8, 4) is 17.2 Å². The highest BCUT2D eigenvalue weighted by atomic mass is 32.2. The smallest absolute Gasteiger partial charge is 0.226 e. The van der Waals surface area contributed by atoms with E-state index in [0.717, 1.165) is 6.33 Å². The molecule has 0 amide bonds. The maximum Gasteiger partial charge on any atom is 0.226 e. The van der Waals surface area contributed by atoms with E-state index in [-0.39, 0.29) is 26.8 Å². The van der Waals surface area contributed by atoms with Crippen LogP contribution in [0, 0.1) is 0 Å². The first-order valence-corrected chi connectivity index (χ1v) is 14.1. The van der Waals surface area contributed by atoms with Crippen molar-refractivity contribution in [2.75, 3.05) is 21.3 Å². The number of nitrogens with zero attached hydrogens (tertiary/aromatic N) is 3. The number of hydrogen-bond donors (Lipinski definition) is 0. The molecular weight excluding hydrogens is 530 g/mol. The maximum atomic E-state index is 13.9. The van der Waals surface area contributed by atoms with Crippen molar-refractivity contribution in [3.63, 3.8) is 0 Å². The largest absolute Gasteiger partial charge is 0.497 e. The van der Waals surface area contributed by atoms with Crippen molar-refractivity contribution in [1.82, 2.24) is 9.97 Å². The topological polar surface area (TPSA) is 134 Å². The third-order valence-corrected chi connectivity index (χ3v) is 9.40. The van der Waals surface area contributed by atoms with Crippen LogP contribution in [0.15, 0.2) is 97.9 Å². The fraction of sp³-hybridized carbons (Fsp3) is 0.115. The second-order valence-electron chi connectivity index (χ2n) is 8.07. The summed E-state index contributed by atoms with van der Waals surface area (Å²) in [7, 11) is -4.20. The molecule has 0 unspecified atom stereocenters. The highest BCUT2D eigenvalue weighted by Crippen LogP contribution is 2.41. The van der Waals surface area contributed by atoms with Gasteiger partial charge in [0.1, 0.15) is 29.3 Å². The first-order valence-electron chi connectivity index (χ1n) is 11.1. The van der Waals surface area contributed by atoms with Crippen LogP contribution in [0.1, 0.15) is 11.1 Å². The van der Waals surface area contributed by atoms with E-state index in [0.29, 0.717) is 22.8 Å². The molecule has 0 saturated carbocycles. The zero-order chi connectivity index (χ0) is 27.1. The zero-order valence-electron chi connectivity index (χ0n) is 20.4. The number of fused-ring (bicyclic) bond motifs is 2. The second-order valence-corrected chi connectivity index (χ2v) is 11.8. The molecule has 194 valence electrons. The number of benzene rings is 3. The van der Waals surface area contributed by atoms with Gasteiger partial charge in [-0.1, -0.05) is 0 Å². The summed E-state index contributed by atoms with van der Waals surface area (Å²) in [6, 6.07) is 16.9. The molecule has 0 N–H and O–H groups in total. The van der Waals surface area contributed by atoms with Crippen LogP contribution in [0.5, 0.6) is 17.2 Å². The van der Waals surface area contributed by atoms with E-state index in [2.05, 4.69) is 15.0 Å². The fourth-order valence-electron chi connectivity index (χ4n) is 4.00. The third kappa shape index (κ3) is 4.17. The Morgan fingerprint density at radius 1 is 0.737 bits per heavy atom. The van der Waals surface area contributed by atoms with E-state index >= 15 is 0 Å². The number of rotatable bonds is 6. The van der Waals surface area contributed by atoms with Gasteiger partial charge in [-0.3, -0.25) is 0 Å². The monoisotopic (exact) mass is 551 g/mol. The molecule has 0 aliphatic carbocycles. The molecule has 3 aromatic carbocycles. The first kappa shape index (κ1) is 25.4. The highest BCUT2D eigenvalue weighted by Gasteiger charge is 2.36. The molecule has 0 saturated heterocycles. The van der Waals surface area contributed by atoms with Gasteiger partial charge in [-0.05, 0) is 66.7 Å². The van der Waals surface area contributed by atoms with Crippen molar-refractivity contribution in [2.24, 2.45) is 4.99 Å². The van der Waals surface area contributed by atoms with Gasteiger partial charge in [0.25, 0.3) is 0 Å². The van der Waals surface area contributed by atoms with Crippen LogP contribution in [-0.4, -0.2) is 53.8 Å². The van der Waals surface area contributed by atoms with Gasteiger partial charge >= 0.3 is 0 Å². The van der Waals surface area contributed by atoms with Gasteiger partial charge in [0, 0.05) is 11.1 Å². The highest BCUT2D eigenvalue weighted by molar-refractivity contribution is 7.92. The minimum atomic E-state index is -4.32. The molecule has 0 fully saturated rings. The van der Waals surface area contributed by atoms with Crippen molar-refractivity contribution in [3.05, 3.63) is 84.2 Å². The van der Waals surface area contributed by atoms with Crippen molar-refractivity contribution in [1.29, 1.82) is 0 Å². The normalized spacial score (nSPS) is 13.9. The molecule has 5 rings (SSSR count). The Balaban J connectivity index is 1.84. The lowest BCUT2D eigenvalue weighted by atomic mass is 10.0. The predicted octanol–water partition coefficient (Wildman–Crippen LogP) is 3.65. The Bertz CT molecular complexity index is 1780. The van der Waals surface area contributed by atoms with Gasteiger partial charge < -0.3 is 14.2 Å². The van der Waals surface area contributed by atoms with Gasteiger partial charge in [0.15, 0.2) is 10.1 Å². The van der Waals surface area contributed by atoms with Crippen LogP contribution in [-0.2, 0) is 19.7 Å². The van der Waals surface area contributed by atoms with Gasteiger partial charge in [-0.25, -0.2) is 31.8 Å². The zero-order valence-corrected chi connectivity index (χ0v) is 22.1. The Morgan fingerprint density at radius 2 is 1.32 bits per heavy atom. The molecule has 0 atom stereocenters. The fourth-order valence-corrected chi connectivity index (χ4v) is 6.85. The predicted molar refractivity (Wildman–Crippen MR) is 137 cm³/mol. The minimum Gasteiger partial charge on any atom is -0.497 e.